The van der Waals surface area contributed by atoms with E-state index in [2.05, 4.69) is 19.2 Å². The van der Waals surface area contributed by atoms with Crippen LogP contribution in [0.5, 0.6) is 0 Å². The Morgan fingerprint density at radius 3 is 1.39 bits per heavy atom. The summed E-state index contributed by atoms with van der Waals surface area (Å²) < 4.78 is 10.5. The number of hydrogen-bond donors (Lipinski definition) is 1. The second-order valence-corrected chi connectivity index (χ2v) is 10.9. The molecule has 0 atom stereocenters. The zero-order chi connectivity index (χ0) is 26.4. The molecular formula is C32H65NO3. The summed E-state index contributed by atoms with van der Waals surface area (Å²) in [7, 11) is 1.69. The van der Waals surface area contributed by atoms with Gasteiger partial charge in [0.05, 0.1) is 13.2 Å². The van der Waals surface area contributed by atoms with Crippen LogP contribution >= 0.6 is 0 Å². The quantitative estimate of drug-likeness (QED) is 0.0977. The van der Waals surface area contributed by atoms with Crippen LogP contribution in [0.1, 0.15) is 162 Å². The van der Waals surface area contributed by atoms with Gasteiger partial charge in [0, 0.05) is 26.2 Å². The van der Waals surface area contributed by atoms with Crippen molar-refractivity contribution >= 4 is 5.91 Å². The molecule has 0 bridgehead atoms. The number of carbonyl (C=O) groups is 1. The van der Waals surface area contributed by atoms with Gasteiger partial charge in [-0.15, -0.1) is 0 Å². The summed E-state index contributed by atoms with van der Waals surface area (Å²) >= 11 is 0. The van der Waals surface area contributed by atoms with Gasteiger partial charge < -0.3 is 14.8 Å². The fraction of sp³-hybridized carbons (Fsp3) is 0.969. The minimum absolute atomic E-state index is 0.197. The molecule has 0 aliphatic heterocycles. The monoisotopic (exact) mass is 511 g/mol. The third kappa shape index (κ3) is 26.5. The van der Waals surface area contributed by atoms with Gasteiger partial charge in [0.1, 0.15) is 0 Å². The Labute approximate surface area is 226 Å². The van der Waals surface area contributed by atoms with Crippen LogP contribution in [0, 0.1) is 5.92 Å². The molecule has 0 heterocycles. The van der Waals surface area contributed by atoms with Crippen LogP contribution in [0.4, 0.5) is 0 Å². The predicted molar refractivity (Wildman–Crippen MR) is 157 cm³/mol. The van der Waals surface area contributed by atoms with Crippen molar-refractivity contribution in [1.82, 2.24) is 5.32 Å². The van der Waals surface area contributed by atoms with Crippen molar-refractivity contribution in [3.05, 3.63) is 0 Å². The molecule has 0 radical (unpaired) electrons. The van der Waals surface area contributed by atoms with Crippen LogP contribution in [-0.2, 0) is 14.3 Å². The fourth-order valence-corrected chi connectivity index (χ4v) is 4.94. The lowest BCUT2D eigenvalue weighted by Gasteiger charge is -2.17. The second-order valence-electron chi connectivity index (χ2n) is 10.9. The first-order valence-corrected chi connectivity index (χ1v) is 16.1. The molecule has 0 saturated heterocycles. The van der Waals surface area contributed by atoms with E-state index in [-0.39, 0.29) is 11.8 Å². The molecule has 36 heavy (non-hydrogen) atoms. The molecule has 0 aromatic carbocycles. The normalized spacial score (nSPS) is 11.4. The van der Waals surface area contributed by atoms with E-state index in [1.165, 1.54) is 128 Å². The molecule has 0 unspecified atom stereocenters. The maximum absolute atomic E-state index is 12.9. The molecule has 0 fully saturated rings. The molecule has 0 aromatic heterocycles. The van der Waals surface area contributed by atoms with Crippen LogP contribution in [0.15, 0.2) is 0 Å². The lowest BCUT2D eigenvalue weighted by molar-refractivity contribution is -0.125. The minimum Gasteiger partial charge on any atom is -0.382 e. The molecular weight excluding hydrogens is 446 g/mol. The number of unbranched alkanes of at least 4 members (excludes halogenated alkanes) is 18. The Morgan fingerprint density at radius 2 is 0.972 bits per heavy atom. The van der Waals surface area contributed by atoms with E-state index < -0.39 is 0 Å². The van der Waals surface area contributed by atoms with E-state index >= 15 is 0 Å². The highest BCUT2D eigenvalue weighted by molar-refractivity contribution is 5.78. The van der Waals surface area contributed by atoms with Gasteiger partial charge in [-0.25, -0.2) is 0 Å². The average molecular weight is 512 g/mol. The fourth-order valence-electron chi connectivity index (χ4n) is 4.94. The highest BCUT2D eigenvalue weighted by atomic mass is 16.5. The van der Waals surface area contributed by atoms with Gasteiger partial charge in [0.25, 0.3) is 0 Å². The smallest absolute Gasteiger partial charge is 0.223 e. The van der Waals surface area contributed by atoms with Crippen molar-refractivity contribution in [2.24, 2.45) is 5.92 Å². The molecule has 0 aliphatic rings. The lowest BCUT2D eigenvalue weighted by Crippen LogP contribution is -2.32. The first-order chi connectivity index (χ1) is 17.8. The first kappa shape index (κ1) is 35.4. The molecule has 4 nitrogen and oxygen atoms in total. The van der Waals surface area contributed by atoms with Crippen LogP contribution in [0.25, 0.3) is 0 Å². The lowest BCUT2D eigenvalue weighted by atomic mass is 9.93. The molecule has 0 spiro atoms. The minimum atomic E-state index is 0.197. The summed E-state index contributed by atoms with van der Waals surface area (Å²) in [5.41, 5.74) is 0. The van der Waals surface area contributed by atoms with Crippen molar-refractivity contribution in [2.75, 3.05) is 33.5 Å². The third-order valence-electron chi connectivity index (χ3n) is 7.38. The summed E-state index contributed by atoms with van der Waals surface area (Å²) in [6.45, 7) is 7.23. The Morgan fingerprint density at radius 1 is 0.556 bits per heavy atom. The Bertz CT molecular complexity index is 406. The number of amides is 1. The van der Waals surface area contributed by atoms with E-state index in [1.54, 1.807) is 7.11 Å². The predicted octanol–water partition coefficient (Wildman–Crippen LogP) is 9.39. The number of rotatable bonds is 30. The number of methoxy groups -OCH3 is 1. The van der Waals surface area contributed by atoms with Gasteiger partial charge in [-0.2, -0.15) is 0 Å². The highest BCUT2D eigenvalue weighted by Gasteiger charge is 2.17. The number of nitrogens with one attached hydrogen (secondary N) is 1. The maximum atomic E-state index is 12.9. The molecule has 1 N–H and O–H groups in total. The van der Waals surface area contributed by atoms with E-state index in [4.69, 9.17) is 9.47 Å². The highest BCUT2D eigenvalue weighted by Crippen LogP contribution is 2.20. The van der Waals surface area contributed by atoms with E-state index in [0.717, 1.165) is 25.8 Å². The zero-order valence-electron chi connectivity index (χ0n) is 24.9. The summed E-state index contributed by atoms with van der Waals surface area (Å²) in [5.74, 6) is 0.473. The average Bonchev–Trinajstić information content (AvgIpc) is 2.88. The number of ether oxygens (including phenoxy) is 2. The van der Waals surface area contributed by atoms with Gasteiger partial charge >= 0.3 is 0 Å². The van der Waals surface area contributed by atoms with Crippen molar-refractivity contribution in [1.29, 1.82) is 0 Å². The molecule has 0 saturated carbocycles. The van der Waals surface area contributed by atoms with Gasteiger partial charge in [0.15, 0.2) is 0 Å². The largest absolute Gasteiger partial charge is 0.382 e. The standard InChI is InChI=1S/C32H65NO3/c1-4-6-8-10-12-14-16-18-20-22-25-31(32(34)33-27-24-28-36-30-29-35-3)26-23-21-19-17-15-13-11-9-7-5-2/h31H,4-30H2,1-3H3,(H,33,34). The van der Waals surface area contributed by atoms with Crippen LogP contribution in [0.2, 0.25) is 0 Å². The number of carbonyl (C=O) groups excluding carboxylic acids is 1. The summed E-state index contributed by atoms with van der Waals surface area (Å²) in [6, 6.07) is 0. The van der Waals surface area contributed by atoms with Gasteiger partial charge in [-0.05, 0) is 19.3 Å². The molecule has 216 valence electrons. The van der Waals surface area contributed by atoms with Crippen molar-refractivity contribution in [3.8, 4) is 0 Å². The summed E-state index contributed by atoms with van der Waals surface area (Å²) in [5, 5.41) is 3.19. The third-order valence-corrected chi connectivity index (χ3v) is 7.38. The Balaban J connectivity index is 4.03. The second kappa shape index (κ2) is 30.6. The van der Waals surface area contributed by atoms with E-state index in [1.807, 2.05) is 0 Å². The van der Waals surface area contributed by atoms with Gasteiger partial charge in [-0.3, -0.25) is 4.79 Å². The van der Waals surface area contributed by atoms with E-state index in [9.17, 15) is 4.79 Å². The maximum Gasteiger partial charge on any atom is 0.223 e. The van der Waals surface area contributed by atoms with Gasteiger partial charge in [-0.1, -0.05) is 142 Å². The molecule has 1 amide bonds. The first-order valence-electron chi connectivity index (χ1n) is 16.1. The van der Waals surface area contributed by atoms with Crippen LogP contribution in [0.3, 0.4) is 0 Å². The number of hydrogen-bond acceptors (Lipinski definition) is 3. The van der Waals surface area contributed by atoms with Crippen molar-refractivity contribution in [3.63, 3.8) is 0 Å². The molecule has 0 aliphatic carbocycles. The SMILES string of the molecule is CCCCCCCCCCCCC(CCCCCCCCCCCC)C(=O)NCCCOCCOC. The zero-order valence-corrected chi connectivity index (χ0v) is 24.9. The Kier molecular flexibility index (Phi) is 30.1. The summed E-state index contributed by atoms with van der Waals surface area (Å²) in [4.78, 5) is 12.9. The van der Waals surface area contributed by atoms with E-state index in [0.29, 0.717) is 19.8 Å². The molecule has 0 rings (SSSR count). The van der Waals surface area contributed by atoms with Crippen molar-refractivity contribution in [2.45, 2.75) is 162 Å². The van der Waals surface area contributed by atoms with Crippen molar-refractivity contribution < 1.29 is 14.3 Å². The van der Waals surface area contributed by atoms with Crippen LogP contribution in [-0.4, -0.2) is 39.4 Å². The Hall–Kier alpha value is -0.610. The molecule has 0 aromatic rings. The molecule has 4 heteroatoms. The topological polar surface area (TPSA) is 47.6 Å². The van der Waals surface area contributed by atoms with Gasteiger partial charge in [0.2, 0.25) is 5.91 Å². The summed E-state index contributed by atoms with van der Waals surface area (Å²) in [6.07, 6.45) is 30.0. The van der Waals surface area contributed by atoms with Crippen LogP contribution < -0.4 is 5.32 Å².